The zero-order chi connectivity index (χ0) is 21.8. The Labute approximate surface area is 177 Å². The zero-order valence-corrected chi connectivity index (χ0v) is 16.3. The lowest BCUT2D eigenvalue weighted by Gasteiger charge is -2.12. The number of rotatable bonds is 6. The summed E-state index contributed by atoms with van der Waals surface area (Å²) in [6.07, 6.45) is 5.34. The number of nitrogens with one attached hydrogen (secondary N) is 2. The number of hydrogen-bond acceptors (Lipinski definition) is 6. The quantitative estimate of drug-likeness (QED) is 0.417. The number of anilines is 2. The average Bonchev–Trinajstić information content (AvgIpc) is 3.16. The molecule has 0 radical (unpaired) electrons. The number of hydrogen-bond donors (Lipinski definition) is 3. The first kappa shape index (κ1) is 19.9. The SMILES string of the molecule is C=CC(=O)Nc1cccc(-n2c(NC(=O)c3cncnc3)nc3cc(CO)ccc32)c1. The molecule has 4 aromatic rings. The molecule has 0 unspecified atom stereocenters. The van der Waals surface area contributed by atoms with Crippen LogP contribution in [0.2, 0.25) is 0 Å². The zero-order valence-electron chi connectivity index (χ0n) is 16.3. The van der Waals surface area contributed by atoms with Crippen LogP contribution < -0.4 is 10.6 Å². The lowest BCUT2D eigenvalue weighted by Crippen LogP contribution is -2.16. The average molecular weight is 414 g/mol. The number of carbonyl (C=O) groups is 2. The Morgan fingerprint density at radius 2 is 1.90 bits per heavy atom. The van der Waals surface area contributed by atoms with E-state index in [0.29, 0.717) is 28.0 Å². The van der Waals surface area contributed by atoms with Crippen molar-refractivity contribution < 1.29 is 14.7 Å². The van der Waals surface area contributed by atoms with Gasteiger partial charge in [0.15, 0.2) is 0 Å². The van der Waals surface area contributed by atoms with Crippen LogP contribution in [0.1, 0.15) is 15.9 Å². The molecule has 0 saturated carbocycles. The molecule has 154 valence electrons. The number of amides is 2. The van der Waals surface area contributed by atoms with E-state index in [2.05, 4.69) is 32.2 Å². The van der Waals surface area contributed by atoms with E-state index in [9.17, 15) is 14.7 Å². The van der Waals surface area contributed by atoms with Crippen molar-refractivity contribution in [1.82, 2.24) is 19.5 Å². The largest absolute Gasteiger partial charge is 0.392 e. The fraction of sp³-hybridized carbons (Fsp3) is 0.0455. The van der Waals surface area contributed by atoms with Gasteiger partial charge in [-0.2, -0.15) is 0 Å². The molecule has 0 aliphatic rings. The molecule has 0 spiro atoms. The molecule has 2 aromatic heterocycles. The Morgan fingerprint density at radius 1 is 1.10 bits per heavy atom. The van der Waals surface area contributed by atoms with E-state index >= 15 is 0 Å². The van der Waals surface area contributed by atoms with Gasteiger partial charge in [-0.3, -0.25) is 19.5 Å². The van der Waals surface area contributed by atoms with Crippen molar-refractivity contribution in [2.24, 2.45) is 0 Å². The van der Waals surface area contributed by atoms with Crippen molar-refractivity contribution in [2.75, 3.05) is 10.6 Å². The summed E-state index contributed by atoms with van der Waals surface area (Å²) in [6, 6.07) is 12.4. The van der Waals surface area contributed by atoms with Gasteiger partial charge in [0.1, 0.15) is 6.33 Å². The molecule has 0 fully saturated rings. The number of aliphatic hydroxyl groups is 1. The monoisotopic (exact) mass is 414 g/mol. The van der Waals surface area contributed by atoms with Crippen LogP contribution in [0.4, 0.5) is 11.6 Å². The second-order valence-corrected chi connectivity index (χ2v) is 6.58. The van der Waals surface area contributed by atoms with Gasteiger partial charge in [-0.05, 0) is 42.0 Å². The second kappa shape index (κ2) is 8.56. The molecule has 0 atom stereocenters. The van der Waals surface area contributed by atoms with Crippen molar-refractivity contribution in [3.8, 4) is 5.69 Å². The van der Waals surface area contributed by atoms with E-state index in [1.165, 1.54) is 24.8 Å². The lowest BCUT2D eigenvalue weighted by atomic mass is 10.2. The standard InChI is InChI=1S/C22H18N6O3/c1-2-20(30)25-16-4-3-5-17(9-16)28-19-7-6-14(12-29)8-18(19)26-22(28)27-21(31)15-10-23-13-24-11-15/h2-11,13,29H,1,12H2,(H,25,30)(H,26,27,31). The molecular weight excluding hydrogens is 396 g/mol. The molecule has 0 aliphatic heterocycles. The highest BCUT2D eigenvalue weighted by Gasteiger charge is 2.17. The highest BCUT2D eigenvalue weighted by Crippen LogP contribution is 2.27. The van der Waals surface area contributed by atoms with Crippen molar-refractivity contribution in [2.45, 2.75) is 6.61 Å². The molecule has 3 N–H and O–H groups in total. The summed E-state index contributed by atoms with van der Waals surface area (Å²) >= 11 is 0. The van der Waals surface area contributed by atoms with E-state index in [1.54, 1.807) is 34.9 Å². The third-order valence-corrected chi connectivity index (χ3v) is 4.51. The summed E-state index contributed by atoms with van der Waals surface area (Å²) < 4.78 is 1.75. The predicted octanol–water partition coefficient (Wildman–Crippen LogP) is 2.68. The molecule has 0 aliphatic carbocycles. The van der Waals surface area contributed by atoms with Gasteiger partial charge in [-0.1, -0.05) is 18.7 Å². The fourth-order valence-electron chi connectivity index (χ4n) is 3.08. The number of nitrogens with zero attached hydrogens (tertiary/aromatic N) is 4. The van der Waals surface area contributed by atoms with E-state index in [-0.39, 0.29) is 24.0 Å². The number of fused-ring (bicyclic) bond motifs is 1. The van der Waals surface area contributed by atoms with Gasteiger partial charge in [-0.15, -0.1) is 0 Å². The minimum Gasteiger partial charge on any atom is -0.392 e. The Morgan fingerprint density at radius 3 is 2.65 bits per heavy atom. The number of benzene rings is 2. The maximum Gasteiger partial charge on any atom is 0.261 e. The summed E-state index contributed by atoms with van der Waals surface area (Å²) in [4.78, 5) is 36.7. The van der Waals surface area contributed by atoms with Crippen LogP contribution in [0.3, 0.4) is 0 Å². The van der Waals surface area contributed by atoms with Crippen LogP contribution in [0.15, 0.2) is 73.8 Å². The number of carbonyl (C=O) groups excluding carboxylic acids is 2. The molecule has 31 heavy (non-hydrogen) atoms. The van der Waals surface area contributed by atoms with Crippen molar-refractivity contribution in [3.05, 3.63) is 85.0 Å². The minimum absolute atomic E-state index is 0.130. The van der Waals surface area contributed by atoms with Gasteiger partial charge in [0.05, 0.1) is 28.9 Å². The summed E-state index contributed by atoms with van der Waals surface area (Å²) in [5.41, 5.74) is 3.50. The number of aliphatic hydroxyl groups excluding tert-OH is 1. The highest BCUT2D eigenvalue weighted by molar-refractivity contribution is 6.04. The van der Waals surface area contributed by atoms with Crippen LogP contribution in [0.5, 0.6) is 0 Å². The maximum absolute atomic E-state index is 12.7. The van der Waals surface area contributed by atoms with Crippen LogP contribution in [-0.2, 0) is 11.4 Å². The van der Waals surface area contributed by atoms with Crippen LogP contribution in [0.25, 0.3) is 16.7 Å². The van der Waals surface area contributed by atoms with Crippen LogP contribution >= 0.6 is 0 Å². The molecule has 0 bridgehead atoms. The lowest BCUT2D eigenvalue weighted by molar-refractivity contribution is -0.111. The van der Waals surface area contributed by atoms with Gasteiger partial charge in [0, 0.05) is 18.1 Å². The topological polar surface area (TPSA) is 122 Å². The van der Waals surface area contributed by atoms with E-state index in [1.807, 2.05) is 12.1 Å². The Bertz CT molecular complexity index is 1280. The number of imidazole rings is 1. The maximum atomic E-state index is 12.7. The molecule has 2 aromatic carbocycles. The number of aromatic nitrogens is 4. The van der Waals surface area contributed by atoms with Crippen molar-refractivity contribution in [3.63, 3.8) is 0 Å². The van der Waals surface area contributed by atoms with Gasteiger partial charge in [0.25, 0.3) is 5.91 Å². The second-order valence-electron chi connectivity index (χ2n) is 6.58. The smallest absolute Gasteiger partial charge is 0.261 e. The molecule has 2 heterocycles. The molecule has 9 heteroatoms. The van der Waals surface area contributed by atoms with E-state index in [4.69, 9.17) is 0 Å². The fourth-order valence-corrected chi connectivity index (χ4v) is 3.08. The van der Waals surface area contributed by atoms with Gasteiger partial charge in [0.2, 0.25) is 11.9 Å². The Balaban J connectivity index is 1.82. The Hall–Kier alpha value is -4.37. The first-order chi connectivity index (χ1) is 15.1. The highest BCUT2D eigenvalue weighted by atomic mass is 16.3. The molecular formula is C22H18N6O3. The third kappa shape index (κ3) is 4.16. The molecule has 2 amide bonds. The predicted molar refractivity (Wildman–Crippen MR) is 116 cm³/mol. The summed E-state index contributed by atoms with van der Waals surface area (Å²) in [6.45, 7) is 3.33. The first-order valence-electron chi connectivity index (χ1n) is 9.31. The van der Waals surface area contributed by atoms with E-state index < -0.39 is 5.91 Å². The van der Waals surface area contributed by atoms with Crippen molar-refractivity contribution >= 4 is 34.5 Å². The molecule has 9 nitrogen and oxygen atoms in total. The molecule has 4 rings (SSSR count). The summed E-state index contributed by atoms with van der Waals surface area (Å²) in [7, 11) is 0. The van der Waals surface area contributed by atoms with Gasteiger partial charge in [-0.25, -0.2) is 15.0 Å². The van der Waals surface area contributed by atoms with Crippen LogP contribution in [0, 0.1) is 0 Å². The van der Waals surface area contributed by atoms with Crippen molar-refractivity contribution in [1.29, 1.82) is 0 Å². The summed E-state index contributed by atoms with van der Waals surface area (Å²) in [5.74, 6) is -0.486. The normalized spacial score (nSPS) is 10.6. The first-order valence-corrected chi connectivity index (χ1v) is 9.31. The van der Waals surface area contributed by atoms with Gasteiger partial charge >= 0.3 is 0 Å². The summed E-state index contributed by atoms with van der Waals surface area (Å²) in [5, 5.41) is 15.0. The van der Waals surface area contributed by atoms with Gasteiger partial charge < -0.3 is 10.4 Å². The van der Waals surface area contributed by atoms with Crippen LogP contribution in [-0.4, -0.2) is 36.4 Å². The van der Waals surface area contributed by atoms with E-state index in [0.717, 1.165) is 0 Å². The Kier molecular flexibility index (Phi) is 5.50. The third-order valence-electron chi connectivity index (χ3n) is 4.51. The molecule has 0 saturated heterocycles. The minimum atomic E-state index is -0.421.